The van der Waals surface area contributed by atoms with Crippen molar-refractivity contribution in [3.05, 3.63) is 106 Å². The van der Waals surface area contributed by atoms with Gasteiger partial charge < -0.3 is 0 Å². The molecule has 0 radical (unpaired) electrons. The van der Waals surface area contributed by atoms with E-state index in [4.69, 9.17) is 4.98 Å². The van der Waals surface area contributed by atoms with Crippen LogP contribution in [0.4, 0.5) is 0 Å². The molecule has 5 aromatic rings. The molecule has 0 saturated carbocycles. The Balaban J connectivity index is 1.66. The Hall–Kier alpha value is -4.06. The van der Waals surface area contributed by atoms with E-state index >= 15 is 0 Å². The lowest BCUT2D eigenvalue weighted by Gasteiger charge is -2.16. The lowest BCUT2D eigenvalue weighted by molar-refractivity contribution is 0.610. The minimum absolute atomic E-state index is 0.0729. The molecule has 0 spiro atoms. The van der Waals surface area contributed by atoms with Gasteiger partial charge in [-0.15, -0.1) is 5.10 Å². The van der Waals surface area contributed by atoms with Crippen molar-refractivity contribution in [1.82, 2.24) is 24.5 Å². The molecule has 158 valence electrons. The smallest absolute Gasteiger partial charge is 0.266 e. The summed E-state index contributed by atoms with van der Waals surface area (Å²) in [5, 5.41) is 9.27. The molecule has 0 unspecified atom stereocenters. The zero-order valence-corrected chi connectivity index (χ0v) is 18.3. The highest BCUT2D eigenvalue weighted by Crippen LogP contribution is 2.20. The van der Waals surface area contributed by atoms with Crippen molar-refractivity contribution in [2.24, 2.45) is 0 Å². The number of aromatic nitrogens is 5. The Morgan fingerprint density at radius 3 is 2.38 bits per heavy atom. The van der Waals surface area contributed by atoms with Crippen molar-refractivity contribution in [2.45, 2.75) is 27.3 Å². The number of aryl methyl sites for hydroxylation is 3. The van der Waals surface area contributed by atoms with Crippen LogP contribution in [0, 0.1) is 20.8 Å². The number of fused-ring (bicyclic) bond motifs is 1. The quantitative estimate of drug-likeness (QED) is 0.425. The zero-order chi connectivity index (χ0) is 22.2. The number of hydrogen-bond donors (Lipinski definition) is 0. The van der Waals surface area contributed by atoms with Crippen LogP contribution in [-0.2, 0) is 6.54 Å². The summed E-state index contributed by atoms with van der Waals surface area (Å²) in [4.78, 5) is 18.5. The van der Waals surface area contributed by atoms with Gasteiger partial charge in [-0.25, -0.2) is 9.67 Å². The van der Waals surface area contributed by atoms with E-state index in [1.54, 1.807) is 9.25 Å². The van der Waals surface area contributed by atoms with Crippen LogP contribution >= 0.6 is 0 Å². The maximum absolute atomic E-state index is 13.6. The lowest BCUT2D eigenvalue weighted by Crippen LogP contribution is -2.26. The second-order valence-electron chi connectivity index (χ2n) is 8.09. The Bertz CT molecular complexity index is 1500. The number of nitrogens with zero attached hydrogens (tertiary/aromatic N) is 5. The van der Waals surface area contributed by atoms with Crippen LogP contribution in [0.1, 0.15) is 22.5 Å². The first-order valence-corrected chi connectivity index (χ1v) is 10.6. The monoisotopic (exact) mass is 421 g/mol. The minimum Gasteiger partial charge on any atom is -0.268 e. The molecular formula is C26H23N5O. The molecule has 6 heteroatoms. The maximum Gasteiger partial charge on any atom is 0.266 e. The Morgan fingerprint density at radius 1 is 0.844 bits per heavy atom. The summed E-state index contributed by atoms with van der Waals surface area (Å²) in [5.41, 5.74) is 6.33. The molecule has 0 aliphatic carbocycles. The second kappa shape index (κ2) is 7.89. The van der Waals surface area contributed by atoms with Crippen LogP contribution in [-0.4, -0.2) is 24.5 Å². The number of para-hydroxylation sites is 1. The second-order valence-corrected chi connectivity index (χ2v) is 8.09. The maximum atomic E-state index is 13.6. The molecule has 6 nitrogen and oxygen atoms in total. The average molecular weight is 422 g/mol. The van der Waals surface area contributed by atoms with Gasteiger partial charge in [0.05, 0.1) is 22.8 Å². The van der Waals surface area contributed by atoms with Crippen molar-refractivity contribution in [1.29, 1.82) is 0 Å². The topological polar surface area (TPSA) is 65.6 Å². The highest BCUT2D eigenvalue weighted by atomic mass is 16.1. The third-order valence-electron chi connectivity index (χ3n) is 5.72. The Kier molecular flexibility index (Phi) is 4.90. The number of benzene rings is 3. The van der Waals surface area contributed by atoms with Gasteiger partial charge >= 0.3 is 0 Å². The summed E-state index contributed by atoms with van der Waals surface area (Å²) in [7, 11) is 0. The number of rotatable bonds is 4. The van der Waals surface area contributed by atoms with Crippen molar-refractivity contribution in [3.63, 3.8) is 0 Å². The van der Waals surface area contributed by atoms with Crippen molar-refractivity contribution in [3.8, 4) is 16.9 Å². The van der Waals surface area contributed by atoms with Gasteiger partial charge in [0.25, 0.3) is 5.56 Å². The van der Waals surface area contributed by atoms with Gasteiger partial charge in [0.15, 0.2) is 0 Å². The fourth-order valence-corrected chi connectivity index (χ4v) is 3.99. The predicted octanol–water partition coefficient (Wildman–Crippen LogP) is 4.62. The van der Waals surface area contributed by atoms with Crippen molar-refractivity contribution in [2.75, 3.05) is 0 Å². The predicted molar refractivity (Wildman–Crippen MR) is 126 cm³/mol. The summed E-state index contributed by atoms with van der Waals surface area (Å²) in [6.45, 7) is 6.32. The van der Waals surface area contributed by atoms with Crippen LogP contribution < -0.4 is 5.56 Å². The van der Waals surface area contributed by atoms with Gasteiger partial charge in [-0.1, -0.05) is 65.4 Å². The summed E-state index contributed by atoms with van der Waals surface area (Å²) in [6.07, 6.45) is 1.89. The normalized spacial score (nSPS) is 11.2. The van der Waals surface area contributed by atoms with Crippen LogP contribution in [0.5, 0.6) is 0 Å². The summed E-state index contributed by atoms with van der Waals surface area (Å²) in [5.74, 6) is 0.614. The van der Waals surface area contributed by atoms with Crippen LogP contribution in [0.25, 0.3) is 27.8 Å². The molecule has 2 heterocycles. The van der Waals surface area contributed by atoms with Gasteiger partial charge in [0.1, 0.15) is 18.1 Å². The highest BCUT2D eigenvalue weighted by molar-refractivity contribution is 5.81. The van der Waals surface area contributed by atoms with Crippen LogP contribution in [0.2, 0.25) is 0 Å². The van der Waals surface area contributed by atoms with Gasteiger partial charge in [-0.05, 0) is 44.0 Å². The molecule has 0 N–H and O–H groups in total. The molecule has 3 aromatic carbocycles. The fraction of sp³-hybridized carbons (Fsp3) is 0.154. The molecule has 0 amide bonds. The molecular weight excluding hydrogens is 398 g/mol. The molecule has 5 rings (SSSR count). The van der Waals surface area contributed by atoms with Crippen molar-refractivity contribution < 1.29 is 0 Å². The van der Waals surface area contributed by atoms with Gasteiger partial charge in [0.2, 0.25) is 0 Å². The van der Waals surface area contributed by atoms with Crippen LogP contribution in [0.15, 0.2) is 77.7 Å². The summed E-state index contributed by atoms with van der Waals surface area (Å²) < 4.78 is 3.44. The van der Waals surface area contributed by atoms with E-state index in [1.807, 2.05) is 74.6 Å². The van der Waals surface area contributed by atoms with Gasteiger partial charge in [-0.3, -0.25) is 9.36 Å². The fourth-order valence-electron chi connectivity index (χ4n) is 3.99. The first kappa shape index (κ1) is 19.9. The third kappa shape index (κ3) is 3.50. The van der Waals surface area contributed by atoms with E-state index in [0.717, 1.165) is 28.1 Å². The molecule has 0 atom stereocenters. The molecule has 0 saturated heterocycles. The van der Waals surface area contributed by atoms with E-state index in [0.29, 0.717) is 23.3 Å². The largest absolute Gasteiger partial charge is 0.268 e. The van der Waals surface area contributed by atoms with E-state index in [2.05, 4.69) is 29.4 Å². The molecule has 0 aliphatic heterocycles. The zero-order valence-electron chi connectivity index (χ0n) is 18.3. The average Bonchev–Trinajstić information content (AvgIpc) is 3.24. The van der Waals surface area contributed by atoms with Gasteiger partial charge in [-0.2, -0.15) is 0 Å². The lowest BCUT2D eigenvalue weighted by atomic mass is 10.1. The third-order valence-corrected chi connectivity index (χ3v) is 5.72. The SMILES string of the molecule is Cc1ccc(-c2cn(Cc3nc4cccc(C)c4c(=O)n3-c3ccccc3C)nn2)cc1. The molecule has 32 heavy (non-hydrogen) atoms. The van der Waals surface area contributed by atoms with E-state index in [-0.39, 0.29) is 5.56 Å². The molecule has 0 aliphatic rings. The van der Waals surface area contributed by atoms with E-state index in [9.17, 15) is 4.79 Å². The summed E-state index contributed by atoms with van der Waals surface area (Å²) >= 11 is 0. The van der Waals surface area contributed by atoms with Crippen LogP contribution in [0.3, 0.4) is 0 Å². The highest BCUT2D eigenvalue weighted by Gasteiger charge is 2.16. The molecule has 2 aromatic heterocycles. The van der Waals surface area contributed by atoms with Gasteiger partial charge in [0, 0.05) is 5.56 Å². The summed E-state index contributed by atoms with van der Waals surface area (Å²) in [6, 6.07) is 21.8. The number of hydrogen-bond acceptors (Lipinski definition) is 4. The molecule has 0 fully saturated rings. The first-order valence-electron chi connectivity index (χ1n) is 10.6. The molecule has 0 bridgehead atoms. The van der Waals surface area contributed by atoms with E-state index < -0.39 is 0 Å². The Morgan fingerprint density at radius 2 is 1.59 bits per heavy atom. The minimum atomic E-state index is -0.0729. The standard InChI is InChI=1S/C26H23N5O/c1-17-11-13-20(14-12-17)22-15-30(29-28-22)16-24-27-21-9-6-8-19(3)25(21)26(32)31(24)23-10-5-4-7-18(23)2/h4-15H,16H2,1-3H3. The van der Waals surface area contributed by atoms with E-state index in [1.165, 1.54) is 5.56 Å². The Labute approximate surface area is 185 Å². The van der Waals surface area contributed by atoms with Crippen molar-refractivity contribution >= 4 is 10.9 Å². The first-order chi connectivity index (χ1) is 15.5.